The number of halogens is 1. The van der Waals surface area contributed by atoms with Gasteiger partial charge in [0.1, 0.15) is 0 Å². The number of guanidine groups is 1. The number of thiazole rings is 1. The Morgan fingerprint density at radius 2 is 2.00 bits per heavy atom. The third-order valence-corrected chi connectivity index (χ3v) is 5.03. The topological polar surface area (TPSA) is 67.8 Å². The Morgan fingerprint density at radius 1 is 1.27 bits per heavy atom. The number of nitrogens with zero attached hydrogens (tertiary/aromatic N) is 2. The van der Waals surface area contributed by atoms with E-state index >= 15 is 0 Å². The summed E-state index contributed by atoms with van der Waals surface area (Å²) in [5.41, 5.74) is 2.03. The highest BCUT2D eigenvalue weighted by atomic mass is 35.5. The van der Waals surface area contributed by atoms with E-state index in [1.807, 2.05) is 32.9 Å². The van der Waals surface area contributed by atoms with Gasteiger partial charge < -0.3 is 20.1 Å². The molecule has 0 aliphatic heterocycles. The van der Waals surface area contributed by atoms with E-state index in [0.717, 1.165) is 16.3 Å². The number of aryl methyl sites for hydroxylation is 2. The van der Waals surface area contributed by atoms with Crippen LogP contribution in [0.3, 0.4) is 0 Å². The average molecular weight is 397 g/mol. The lowest BCUT2D eigenvalue weighted by atomic mass is 10.2. The maximum Gasteiger partial charge on any atom is 0.191 e. The number of hydrogen-bond donors (Lipinski definition) is 2. The second kappa shape index (κ2) is 9.64. The van der Waals surface area contributed by atoms with Crippen molar-refractivity contribution in [3.63, 3.8) is 0 Å². The second-order valence-corrected chi connectivity index (χ2v) is 7.26. The van der Waals surface area contributed by atoms with E-state index in [4.69, 9.17) is 21.1 Å². The van der Waals surface area contributed by atoms with E-state index in [1.54, 1.807) is 25.5 Å². The Bertz CT molecular complexity index is 777. The van der Waals surface area contributed by atoms with Crippen molar-refractivity contribution in [2.75, 3.05) is 20.8 Å². The van der Waals surface area contributed by atoms with Crippen molar-refractivity contribution in [1.29, 1.82) is 0 Å². The van der Waals surface area contributed by atoms with E-state index in [2.05, 4.69) is 20.6 Å². The molecule has 0 unspecified atom stereocenters. The van der Waals surface area contributed by atoms with Crippen molar-refractivity contribution >= 4 is 28.9 Å². The molecule has 0 saturated heterocycles. The Labute approximate surface area is 163 Å². The number of aromatic nitrogens is 1. The van der Waals surface area contributed by atoms with Crippen LogP contribution in [0, 0.1) is 13.8 Å². The quantitative estimate of drug-likeness (QED) is 0.552. The maximum atomic E-state index is 6.32. The highest BCUT2D eigenvalue weighted by Gasteiger charge is 2.12. The Hall–Kier alpha value is -1.99. The molecule has 2 rings (SSSR count). The molecular formula is C18H25ClN4O2S. The monoisotopic (exact) mass is 396 g/mol. The molecule has 0 aliphatic carbocycles. The van der Waals surface area contributed by atoms with Gasteiger partial charge in [-0.25, -0.2) is 4.98 Å². The van der Waals surface area contributed by atoms with Crippen LogP contribution < -0.4 is 20.1 Å². The highest BCUT2D eigenvalue weighted by Crippen LogP contribution is 2.36. The van der Waals surface area contributed by atoms with Gasteiger partial charge in [0.25, 0.3) is 0 Å². The summed E-state index contributed by atoms with van der Waals surface area (Å²) in [6.45, 7) is 7.71. The fraction of sp³-hybridized carbons (Fsp3) is 0.444. The summed E-state index contributed by atoms with van der Waals surface area (Å²) in [7, 11) is 3.34. The van der Waals surface area contributed by atoms with Crippen LogP contribution in [0.25, 0.3) is 0 Å². The van der Waals surface area contributed by atoms with Gasteiger partial charge in [0, 0.05) is 18.5 Å². The average Bonchev–Trinajstić information content (AvgIpc) is 2.94. The van der Waals surface area contributed by atoms with Crippen molar-refractivity contribution < 1.29 is 9.47 Å². The smallest absolute Gasteiger partial charge is 0.191 e. The minimum absolute atomic E-state index is 0.528. The summed E-state index contributed by atoms with van der Waals surface area (Å²) in [5.74, 6) is 1.90. The van der Waals surface area contributed by atoms with Gasteiger partial charge in [-0.2, -0.15) is 0 Å². The predicted molar refractivity (Wildman–Crippen MR) is 108 cm³/mol. The van der Waals surface area contributed by atoms with Gasteiger partial charge in [0.05, 0.1) is 36.0 Å². The fourth-order valence-corrected chi connectivity index (χ4v) is 3.63. The Balaban J connectivity index is 1.99. The van der Waals surface area contributed by atoms with Gasteiger partial charge in [-0.15, -0.1) is 11.3 Å². The molecule has 142 valence electrons. The van der Waals surface area contributed by atoms with Gasteiger partial charge in [-0.3, -0.25) is 4.99 Å². The maximum absolute atomic E-state index is 6.32. The van der Waals surface area contributed by atoms with Crippen LogP contribution in [-0.2, 0) is 13.1 Å². The summed E-state index contributed by atoms with van der Waals surface area (Å²) < 4.78 is 10.9. The van der Waals surface area contributed by atoms with E-state index < -0.39 is 0 Å². The first-order chi connectivity index (χ1) is 12.5. The molecular weight excluding hydrogens is 372 g/mol. The van der Waals surface area contributed by atoms with E-state index in [9.17, 15) is 0 Å². The zero-order valence-electron chi connectivity index (χ0n) is 15.8. The lowest BCUT2D eigenvalue weighted by Gasteiger charge is -2.15. The normalized spacial score (nSPS) is 11.4. The van der Waals surface area contributed by atoms with Crippen molar-refractivity contribution in [2.24, 2.45) is 4.99 Å². The molecule has 0 amide bonds. The first-order valence-electron chi connectivity index (χ1n) is 8.35. The zero-order chi connectivity index (χ0) is 19.1. The predicted octanol–water partition coefficient (Wildman–Crippen LogP) is 3.69. The number of rotatable bonds is 7. The van der Waals surface area contributed by atoms with Crippen LogP contribution in [0.1, 0.15) is 28.1 Å². The standard InChI is InChI=1S/C18H25ClN4O2S/c1-6-25-17-14(19)7-13(8-15(17)24-5)9-21-18(20-4)22-10-16-11(2)23-12(3)26-16/h7-8H,6,9-10H2,1-5H3,(H2,20,21,22). The second-order valence-electron chi connectivity index (χ2n) is 5.56. The van der Waals surface area contributed by atoms with Gasteiger partial charge in [-0.1, -0.05) is 11.6 Å². The van der Waals surface area contributed by atoms with Gasteiger partial charge in [0.2, 0.25) is 0 Å². The lowest BCUT2D eigenvalue weighted by Crippen LogP contribution is -2.36. The summed E-state index contributed by atoms with van der Waals surface area (Å²) in [6, 6.07) is 3.78. The molecule has 0 atom stereocenters. The molecule has 0 bridgehead atoms. The molecule has 0 aliphatic rings. The molecule has 0 fully saturated rings. The van der Waals surface area contributed by atoms with Crippen LogP contribution >= 0.6 is 22.9 Å². The third-order valence-electron chi connectivity index (χ3n) is 3.68. The van der Waals surface area contributed by atoms with Gasteiger partial charge in [0.15, 0.2) is 17.5 Å². The van der Waals surface area contributed by atoms with Crippen molar-refractivity contribution in [1.82, 2.24) is 15.6 Å². The first kappa shape index (κ1) is 20.3. The molecule has 1 aromatic carbocycles. The minimum Gasteiger partial charge on any atom is -0.493 e. The number of ether oxygens (including phenoxy) is 2. The van der Waals surface area contributed by atoms with Crippen LogP contribution in [0.15, 0.2) is 17.1 Å². The van der Waals surface area contributed by atoms with E-state index in [-0.39, 0.29) is 0 Å². The molecule has 2 N–H and O–H groups in total. The molecule has 0 saturated carbocycles. The van der Waals surface area contributed by atoms with Crippen molar-refractivity contribution in [3.05, 3.63) is 38.3 Å². The molecule has 6 nitrogen and oxygen atoms in total. The molecule has 0 spiro atoms. The van der Waals surface area contributed by atoms with Crippen molar-refractivity contribution in [3.8, 4) is 11.5 Å². The first-order valence-corrected chi connectivity index (χ1v) is 9.54. The molecule has 0 radical (unpaired) electrons. The molecule has 2 aromatic rings. The van der Waals surface area contributed by atoms with Gasteiger partial charge >= 0.3 is 0 Å². The number of nitrogens with one attached hydrogen (secondary N) is 2. The van der Waals surface area contributed by atoms with Crippen LogP contribution in [0.2, 0.25) is 5.02 Å². The minimum atomic E-state index is 0.528. The summed E-state index contributed by atoms with van der Waals surface area (Å²) in [5, 5.41) is 8.18. The van der Waals surface area contributed by atoms with Gasteiger partial charge in [-0.05, 0) is 38.5 Å². The fourth-order valence-electron chi connectivity index (χ4n) is 2.47. The number of aliphatic imine (C=N–C) groups is 1. The Morgan fingerprint density at radius 3 is 2.58 bits per heavy atom. The largest absolute Gasteiger partial charge is 0.493 e. The molecule has 8 heteroatoms. The number of hydrogen-bond acceptors (Lipinski definition) is 5. The van der Waals surface area contributed by atoms with Crippen LogP contribution in [0.4, 0.5) is 0 Å². The van der Waals surface area contributed by atoms with Crippen LogP contribution in [-0.4, -0.2) is 31.7 Å². The molecule has 26 heavy (non-hydrogen) atoms. The van der Waals surface area contributed by atoms with Crippen LogP contribution in [0.5, 0.6) is 11.5 Å². The lowest BCUT2D eigenvalue weighted by molar-refractivity contribution is 0.311. The number of methoxy groups -OCH3 is 1. The Kier molecular flexibility index (Phi) is 7.53. The molecule has 1 heterocycles. The van der Waals surface area contributed by atoms with Crippen molar-refractivity contribution in [2.45, 2.75) is 33.9 Å². The highest BCUT2D eigenvalue weighted by molar-refractivity contribution is 7.11. The third kappa shape index (κ3) is 5.25. The number of benzene rings is 1. The summed E-state index contributed by atoms with van der Waals surface area (Å²) >= 11 is 8.01. The summed E-state index contributed by atoms with van der Waals surface area (Å²) in [6.07, 6.45) is 0. The summed E-state index contributed by atoms with van der Waals surface area (Å²) in [4.78, 5) is 9.90. The van der Waals surface area contributed by atoms with E-state index in [1.165, 1.54) is 4.88 Å². The van der Waals surface area contributed by atoms with E-state index in [0.29, 0.717) is 42.2 Å². The zero-order valence-corrected chi connectivity index (χ0v) is 17.3. The molecule has 1 aromatic heterocycles. The SMILES string of the molecule is CCOc1c(Cl)cc(CNC(=NC)NCc2sc(C)nc2C)cc1OC.